The molecule has 0 radical (unpaired) electrons. The number of thioether (sulfide) groups is 1. The molecule has 2 atom stereocenters. The molecule has 2 rings (SSSR count). The first-order valence-electron chi connectivity index (χ1n) is 6.43. The molecule has 108 valence electrons. The van der Waals surface area contributed by atoms with Crippen LogP contribution < -0.4 is 10.2 Å². The molecule has 20 heavy (non-hydrogen) atoms. The number of hydrogen-bond acceptors (Lipinski definition) is 3. The van der Waals surface area contributed by atoms with E-state index >= 15 is 0 Å². The lowest BCUT2D eigenvalue weighted by atomic mass is 10.0. The summed E-state index contributed by atoms with van der Waals surface area (Å²) in [5.74, 6) is -0.721. The first kappa shape index (κ1) is 14.7. The molecule has 0 spiro atoms. The fraction of sp³-hybridized carbons (Fsp3) is 0.429. The molecule has 0 aromatic heterocycles. The van der Waals surface area contributed by atoms with E-state index in [-0.39, 0.29) is 18.6 Å². The van der Waals surface area contributed by atoms with E-state index in [0.29, 0.717) is 11.3 Å². The summed E-state index contributed by atoms with van der Waals surface area (Å²) in [5, 5.41) is 12.2. The number of amides is 2. The molecule has 6 heteroatoms. The molecule has 1 aliphatic rings. The van der Waals surface area contributed by atoms with Crippen molar-refractivity contribution in [2.24, 2.45) is 0 Å². The standard InChI is InChI=1S/C14H18N2O3S/c1-9(8-20-2)15-14(19)16-7-11(13(17)18)10-5-3-4-6-12(10)16/h3-6,9,11H,7-8H2,1-2H3,(H,15,19)(H,17,18). The maximum absolute atomic E-state index is 12.3. The minimum atomic E-state index is -0.898. The number of nitrogens with one attached hydrogen (secondary N) is 1. The van der Waals surface area contributed by atoms with Gasteiger partial charge in [0.1, 0.15) is 5.92 Å². The van der Waals surface area contributed by atoms with Crippen molar-refractivity contribution < 1.29 is 14.7 Å². The lowest BCUT2D eigenvalue weighted by Gasteiger charge is -2.21. The monoisotopic (exact) mass is 294 g/mol. The van der Waals surface area contributed by atoms with Gasteiger partial charge in [-0.3, -0.25) is 9.69 Å². The van der Waals surface area contributed by atoms with E-state index in [4.69, 9.17) is 0 Å². The first-order valence-corrected chi connectivity index (χ1v) is 7.82. The number of para-hydroxylation sites is 1. The predicted molar refractivity (Wildman–Crippen MR) is 80.5 cm³/mol. The topological polar surface area (TPSA) is 69.6 Å². The van der Waals surface area contributed by atoms with Crippen molar-refractivity contribution in [3.05, 3.63) is 29.8 Å². The number of carboxylic acids is 1. The molecule has 0 bridgehead atoms. The van der Waals surface area contributed by atoms with Gasteiger partial charge in [-0.25, -0.2) is 4.79 Å². The van der Waals surface area contributed by atoms with E-state index in [9.17, 15) is 14.7 Å². The Hall–Kier alpha value is -1.69. The van der Waals surface area contributed by atoms with E-state index in [1.807, 2.05) is 19.2 Å². The van der Waals surface area contributed by atoms with Crippen LogP contribution in [-0.4, -0.2) is 41.7 Å². The molecule has 1 heterocycles. The molecule has 2 unspecified atom stereocenters. The first-order chi connectivity index (χ1) is 9.54. The summed E-state index contributed by atoms with van der Waals surface area (Å²) in [6, 6.07) is 6.99. The minimum absolute atomic E-state index is 0.0496. The highest BCUT2D eigenvalue weighted by molar-refractivity contribution is 7.98. The Labute approximate surface area is 122 Å². The Balaban J connectivity index is 2.18. The van der Waals surface area contributed by atoms with Gasteiger partial charge in [0.15, 0.2) is 0 Å². The van der Waals surface area contributed by atoms with E-state index in [1.165, 1.54) is 4.90 Å². The van der Waals surface area contributed by atoms with Crippen LogP contribution in [0.15, 0.2) is 24.3 Å². The molecule has 1 aliphatic heterocycles. The molecule has 0 saturated heterocycles. The molecular weight excluding hydrogens is 276 g/mol. The Bertz CT molecular complexity index is 521. The lowest BCUT2D eigenvalue weighted by Crippen LogP contribution is -2.44. The maximum Gasteiger partial charge on any atom is 0.322 e. The number of carboxylic acid groups (broad SMARTS) is 1. The summed E-state index contributed by atoms with van der Waals surface area (Å²) in [6.45, 7) is 2.12. The van der Waals surface area contributed by atoms with Gasteiger partial charge < -0.3 is 10.4 Å². The van der Waals surface area contributed by atoms with Gasteiger partial charge in [-0.1, -0.05) is 18.2 Å². The van der Waals surface area contributed by atoms with Crippen molar-refractivity contribution in [1.29, 1.82) is 0 Å². The summed E-state index contributed by atoms with van der Waals surface area (Å²) >= 11 is 1.66. The highest BCUT2D eigenvalue weighted by atomic mass is 32.2. The number of hydrogen-bond donors (Lipinski definition) is 2. The molecule has 2 N–H and O–H groups in total. The van der Waals surface area contributed by atoms with Gasteiger partial charge in [0.2, 0.25) is 0 Å². The summed E-state index contributed by atoms with van der Waals surface area (Å²) in [6.07, 6.45) is 1.98. The van der Waals surface area contributed by atoms with Crippen molar-refractivity contribution in [1.82, 2.24) is 5.32 Å². The third-order valence-corrected chi connectivity index (χ3v) is 4.13. The second kappa shape index (κ2) is 6.17. The van der Waals surface area contributed by atoms with Crippen LogP contribution in [0.25, 0.3) is 0 Å². The number of aliphatic carboxylic acids is 1. The van der Waals surface area contributed by atoms with Crippen molar-refractivity contribution in [3.63, 3.8) is 0 Å². The molecule has 1 aromatic carbocycles. The third-order valence-electron chi connectivity index (χ3n) is 3.30. The molecule has 0 aliphatic carbocycles. The fourth-order valence-electron chi connectivity index (χ4n) is 2.39. The zero-order valence-electron chi connectivity index (χ0n) is 11.5. The van der Waals surface area contributed by atoms with Crippen molar-refractivity contribution in [2.45, 2.75) is 18.9 Å². The van der Waals surface area contributed by atoms with Crippen molar-refractivity contribution in [2.75, 3.05) is 23.5 Å². The number of carbonyl (C=O) groups excluding carboxylic acids is 1. The predicted octanol–water partition coefficient (Wildman–Crippen LogP) is 2.14. The number of nitrogens with zero attached hydrogens (tertiary/aromatic N) is 1. The van der Waals surface area contributed by atoms with Crippen molar-refractivity contribution >= 4 is 29.4 Å². The number of urea groups is 1. The maximum atomic E-state index is 12.3. The Morgan fingerprint density at radius 1 is 1.50 bits per heavy atom. The highest BCUT2D eigenvalue weighted by Gasteiger charge is 2.36. The van der Waals surface area contributed by atoms with Crippen LogP contribution in [0.5, 0.6) is 0 Å². The van der Waals surface area contributed by atoms with Gasteiger partial charge in [-0.2, -0.15) is 11.8 Å². The van der Waals surface area contributed by atoms with Crippen LogP contribution in [0.4, 0.5) is 10.5 Å². The van der Waals surface area contributed by atoms with Crippen LogP contribution in [0.3, 0.4) is 0 Å². The van der Waals surface area contributed by atoms with Gasteiger partial charge in [-0.05, 0) is 24.8 Å². The SMILES string of the molecule is CSCC(C)NC(=O)N1CC(C(=O)O)c2ccccc21. The number of rotatable bonds is 4. The van der Waals surface area contributed by atoms with Crippen LogP contribution in [0.1, 0.15) is 18.4 Å². The Morgan fingerprint density at radius 3 is 2.85 bits per heavy atom. The largest absolute Gasteiger partial charge is 0.481 e. The molecule has 2 amide bonds. The number of anilines is 1. The molecule has 0 fully saturated rings. The Morgan fingerprint density at radius 2 is 2.20 bits per heavy atom. The molecule has 5 nitrogen and oxygen atoms in total. The number of benzene rings is 1. The zero-order valence-corrected chi connectivity index (χ0v) is 12.3. The number of fused-ring (bicyclic) bond motifs is 1. The minimum Gasteiger partial charge on any atom is -0.481 e. The normalized spacial score (nSPS) is 18.5. The second-order valence-electron chi connectivity index (χ2n) is 4.87. The van der Waals surface area contributed by atoms with Crippen LogP contribution >= 0.6 is 11.8 Å². The van der Waals surface area contributed by atoms with Gasteiger partial charge in [0, 0.05) is 24.0 Å². The molecule has 1 aromatic rings. The number of carbonyl (C=O) groups is 2. The van der Waals surface area contributed by atoms with Crippen LogP contribution in [0.2, 0.25) is 0 Å². The smallest absolute Gasteiger partial charge is 0.322 e. The fourth-order valence-corrected chi connectivity index (χ4v) is 2.97. The Kier molecular flexibility index (Phi) is 4.54. The third kappa shape index (κ3) is 2.90. The van der Waals surface area contributed by atoms with E-state index in [1.54, 1.807) is 30.0 Å². The second-order valence-corrected chi connectivity index (χ2v) is 5.78. The quantitative estimate of drug-likeness (QED) is 0.892. The van der Waals surface area contributed by atoms with Gasteiger partial charge in [0.05, 0.1) is 0 Å². The van der Waals surface area contributed by atoms with E-state index < -0.39 is 11.9 Å². The zero-order chi connectivity index (χ0) is 14.7. The van der Waals surface area contributed by atoms with E-state index in [0.717, 1.165) is 5.75 Å². The van der Waals surface area contributed by atoms with Crippen LogP contribution in [-0.2, 0) is 4.79 Å². The average molecular weight is 294 g/mol. The van der Waals surface area contributed by atoms with Crippen LogP contribution in [0, 0.1) is 0 Å². The summed E-state index contributed by atoms with van der Waals surface area (Å²) in [5.41, 5.74) is 1.39. The summed E-state index contributed by atoms with van der Waals surface area (Å²) in [4.78, 5) is 25.1. The van der Waals surface area contributed by atoms with Gasteiger partial charge in [-0.15, -0.1) is 0 Å². The lowest BCUT2D eigenvalue weighted by molar-refractivity contribution is -0.138. The van der Waals surface area contributed by atoms with Gasteiger partial charge in [0.25, 0.3) is 0 Å². The highest BCUT2D eigenvalue weighted by Crippen LogP contribution is 2.36. The molecule has 0 saturated carbocycles. The summed E-state index contributed by atoms with van der Waals surface area (Å²) in [7, 11) is 0. The van der Waals surface area contributed by atoms with Crippen molar-refractivity contribution in [3.8, 4) is 0 Å². The molecular formula is C14H18N2O3S. The average Bonchev–Trinajstić information content (AvgIpc) is 2.78. The summed E-state index contributed by atoms with van der Waals surface area (Å²) < 4.78 is 0. The van der Waals surface area contributed by atoms with Gasteiger partial charge >= 0.3 is 12.0 Å². The van der Waals surface area contributed by atoms with E-state index in [2.05, 4.69) is 5.32 Å².